The first-order valence-corrected chi connectivity index (χ1v) is 10.9. The van der Waals surface area contributed by atoms with Gasteiger partial charge in [-0.15, -0.1) is 0 Å². The highest BCUT2D eigenvalue weighted by atomic mass is 16.7. The lowest BCUT2D eigenvalue weighted by atomic mass is 9.96. The molecule has 7 nitrogen and oxygen atoms in total. The predicted molar refractivity (Wildman–Crippen MR) is 117 cm³/mol. The number of fused-ring (bicyclic) bond motifs is 1. The summed E-state index contributed by atoms with van der Waals surface area (Å²) in [6, 6.07) is 16.0. The van der Waals surface area contributed by atoms with Crippen LogP contribution >= 0.6 is 0 Å². The van der Waals surface area contributed by atoms with Crippen LogP contribution in [0.5, 0.6) is 11.5 Å². The van der Waals surface area contributed by atoms with Crippen LogP contribution in [0.15, 0.2) is 48.5 Å². The molecule has 0 atom stereocenters. The Morgan fingerprint density at radius 3 is 2.45 bits per heavy atom. The van der Waals surface area contributed by atoms with Gasteiger partial charge in [0.25, 0.3) is 0 Å². The quantitative estimate of drug-likeness (QED) is 0.667. The highest BCUT2D eigenvalue weighted by Crippen LogP contribution is 2.32. The Morgan fingerprint density at radius 2 is 1.65 bits per heavy atom. The number of likely N-dealkylation sites (tertiary alicyclic amines) is 1. The fourth-order valence-corrected chi connectivity index (χ4v) is 3.98. The number of piperidine rings is 1. The Morgan fingerprint density at radius 1 is 0.903 bits per heavy atom. The lowest BCUT2D eigenvalue weighted by molar-refractivity contribution is -0.139. The van der Waals surface area contributed by atoms with Gasteiger partial charge >= 0.3 is 11.8 Å². The van der Waals surface area contributed by atoms with Gasteiger partial charge in [0.05, 0.1) is 0 Å². The second kappa shape index (κ2) is 10.3. The van der Waals surface area contributed by atoms with Crippen LogP contribution in [0, 0.1) is 5.92 Å². The minimum atomic E-state index is -0.613. The number of nitrogens with zero attached hydrogens (tertiary/aromatic N) is 1. The first-order valence-electron chi connectivity index (χ1n) is 10.9. The average molecular weight is 424 g/mol. The second-order valence-electron chi connectivity index (χ2n) is 8.10. The maximum absolute atomic E-state index is 12.1. The fraction of sp³-hybridized carbons (Fsp3) is 0.417. The molecule has 0 bridgehead atoms. The molecule has 2 aromatic carbocycles. The molecule has 7 heteroatoms. The highest BCUT2D eigenvalue weighted by molar-refractivity contribution is 6.35. The number of hydrogen-bond donors (Lipinski definition) is 2. The van der Waals surface area contributed by atoms with Crippen LogP contribution in [0.3, 0.4) is 0 Å². The first kappa shape index (κ1) is 21.2. The van der Waals surface area contributed by atoms with E-state index in [1.54, 1.807) is 6.07 Å². The van der Waals surface area contributed by atoms with Gasteiger partial charge in [-0.25, -0.2) is 0 Å². The van der Waals surface area contributed by atoms with Crippen LogP contribution < -0.4 is 20.1 Å². The van der Waals surface area contributed by atoms with Crippen LogP contribution in [0.4, 0.5) is 0 Å². The zero-order valence-electron chi connectivity index (χ0n) is 17.6. The van der Waals surface area contributed by atoms with Crippen molar-refractivity contribution >= 4 is 11.8 Å². The molecule has 2 aliphatic rings. The van der Waals surface area contributed by atoms with Crippen molar-refractivity contribution in [3.63, 3.8) is 0 Å². The van der Waals surface area contributed by atoms with Crippen molar-refractivity contribution in [3.05, 3.63) is 59.7 Å². The second-order valence-corrected chi connectivity index (χ2v) is 8.10. The third-order valence-corrected chi connectivity index (χ3v) is 5.91. The standard InChI is InChI=1S/C24H29N3O4/c28-23(24(29)26-16-20-6-7-21-22(14-20)31-17-30-21)25-15-19-9-12-27(13-10-19)11-8-18-4-2-1-3-5-18/h1-7,14,19H,8-13,15-17H2,(H,25,28)(H,26,29). The number of benzene rings is 2. The van der Waals surface area contributed by atoms with E-state index in [4.69, 9.17) is 9.47 Å². The third-order valence-electron chi connectivity index (χ3n) is 5.91. The molecule has 2 N–H and O–H groups in total. The number of carbonyl (C=O) groups is 2. The molecule has 31 heavy (non-hydrogen) atoms. The van der Waals surface area contributed by atoms with Crippen molar-refractivity contribution in [2.45, 2.75) is 25.8 Å². The monoisotopic (exact) mass is 423 g/mol. The van der Waals surface area contributed by atoms with Gasteiger partial charge in [-0.2, -0.15) is 0 Å². The molecule has 4 rings (SSSR count). The molecule has 0 aliphatic carbocycles. The zero-order chi connectivity index (χ0) is 21.5. The van der Waals surface area contributed by atoms with Crippen molar-refractivity contribution < 1.29 is 19.1 Å². The van der Waals surface area contributed by atoms with E-state index in [1.165, 1.54) is 5.56 Å². The topological polar surface area (TPSA) is 79.9 Å². The highest BCUT2D eigenvalue weighted by Gasteiger charge is 2.21. The summed E-state index contributed by atoms with van der Waals surface area (Å²) in [4.78, 5) is 26.7. The van der Waals surface area contributed by atoms with Crippen LogP contribution in [-0.4, -0.2) is 49.7 Å². The maximum Gasteiger partial charge on any atom is 0.309 e. The van der Waals surface area contributed by atoms with Gasteiger partial charge in [0.1, 0.15) is 0 Å². The van der Waals surface area contributed by atoms with Gasteiger partial charge in [-0.05, 0) is 61.5 Å². The van der Waals surface area contributed by atoms with Crippen molar-refractivity contribution in [3.8, 4) is 11.5 Å². The van der Waals surface area contributed by atoms with Crippen molar-refractivity contribution in [2.24, 2.45) is 5.92 Å². The number of nitrogens with one attached hydrogen (secondary N) is 2. The van der Waals surface area contributed by atoms with Crippen LogP contribution in [0.25, 0.3) is 0 Å². The summed E-state index contributed by atoms with van der Waals surface area (Å²) in [7, 11) is 0. The molecule has 0 aromatic heterocycles. The number of hydrogen-bond acceptors (Lipinski definition) is 5. The van der Waals surface area contributed by atoms with E-state index in [0.717, 1.165) is 44.5 Å². The minimum Gasteiger partial charge on any atom is -0.454 e. The molecule has 1 saturated heterocycles. The van der Waals surface area contributed by atoms with Gasteiger partial charge in [0.2, 0.25) is 6.79 Å². The molecule has 2 heterocycles. The fourth-order valence-electron chi connectivity index (χ4n) is 3.98. The lowest BCUT2D eigenvalue weighted by Crippen LogP contribution is -2.43. The van der Waals surface area contributed by atoms with E-state index in [-0.39, 0.29) is 13.3 Å². The molecule has 2 aromatic rings. The van der Waals surface area contributed by atoms with E-state index in [1.807, 2.05) is 18.2 Å². The van der Waals surface area contributed by atoms with E-state index in [2.05, 4.69) is 39.8 Å². The molecule has 2 amide bonds. The number of rotatable bonds is 7. The number of amides is 2. The SMILES string of the molecule is O=C(NCc1ccc2c(c1)OCO2)C(=O)NCC1CCN(CCc2ccccc2)CC1. The number of ether oxygens (including phenoxy) is 2. The Labute approximate surface area is 182 Å². The molecular formula is C24H29N3O4. The number of carbonyl (C=O) groups excluding carboxylic acids is 2. The largest absolute Gasteiger partial charge is 0.454 e. The predicted octanol–water partition coefficient (Wildman–Crippen LogP) is 2.10. The molecular weight excluding hydrogens is 394 g/mol. The Kier molecular flexibility index (Phi) is 7.04. The van der Waals surface area contributed by atoms with E-state index in [0.29, 0.717) is 24.0 Å². The van der Waals surface area contributed by atoms with E-state index in [9.17, 15) is 9.59 Å². The first-order chi connectivity index (χ1) is 15.2. The maximum atomic E-state index is 12.1. The summed E-state index contributed by atoms with van der Waals surface area (Å²) >= 11 is 0. The Hall–Kier alpha value is -3.06. The van der Waals surface area contributed by atoms with Gasteiger partial charge in [0.15, 0.2) is 11.5 Å². The molecule has 0 radical (unpaired) electrons. The van der Waals surface area contributed by atoms with E-state index >= 15 is 0 Å². The summed E-state index contributed by atoms with van der Waals surface area (Å²) in [6.07, 6.45) is 3.13. The van der Waals surface area contributed by atoms with Crippen LogP contribution in [0.2, 0.25) is 0 Å². The van der Waals surface area contributed by atoms with E-state index < -0.39 is 11.8 Å². The summed E-state index contributed by atoms with van der Waals surface area (Å²) in [5, 5.41) is 5.45. The summed E-state index contributed by atoms with van der Waals surface area (Å²) in [5.41, 5.74) is 2.22. The summed E-state index contributed by atoms with van der Waals surface area (Å²) in [6.45, 7) is 4.14. The lowest BCUT2D eigenvalue weighted by Gasteiger charge is -2.32. The Balaban J connectivity index is 1.12. The van der Waals surface area contributed by atoms with Crippen molar-refractivity contribution in [1.29, 1.82) is 0 Å². The third kappa shape index (κ3) is 5.98. The van der Waals surface area contributed by atoms with Crippen LogP contribution in [0.1, 0.15) is 24.0 Å². The zero-order valence-corrected chi connectivity index (χ0v) is 17.6. The minimum absolute atomic E-state index is 0.208. The van der Waals surface area contributed by atoms with Crippen molar-refractivity contribution in [1.82, 2.24) is 15.5 Å². The molecule has 2 aliphatic heterocycles. The average Bonchev–Trinajstić information content (AvgIpc) is 3.29. The Bertz CT molecular complexity index is 895. The summed E-state index contributed by atoms with van der Waals surface area (Å²) < 4.78 is 10.6. The van der Waals surface area contributed by atoms with Gasteiger partial charge in [0, 0.05) is 19.6 Å². The molecule has 0 spiro atoms. The molecule has 0 saturated carbocycles. The normalized spacial score (nSPS) is 16.1. The smallest absolute Gasteiger partial charge is 0.309 e. The van der Waals surface area contributed by atoms with Crippen molar-refractivity contribution in [2.75, 3.05) is 33.0 Å². The summed E-state index contributed by atoms with van der Waals surface area (Å²) in [5.74, 6) is 0.578. The molecule has 0 unspecified atom stereocenters. The van der Waals surface area contributed by atoms with Gasteiger partial charge in [-0.3, -0.25) is 9.59 Å². The molecule has 1 fully saturated rings. The van der Waals surface area contributed by atoms with Gasteiger partial charge < -0.3 is 25.0 Å². The van der Waals surface area contributed by atoms with Gasteiger partial charge in [-0.1, -0.05) is 36.4 Å². The van der Waals surface area contributed by atoms with Crippen LogP contribution in [-0.2, 0) is 22.6 Å². The molecule has 164 valence electrons.